The molecule has 1 amide bonds. The Bertz CT molecular complexity index is 721. The number of nitrogens with one attached hydrogen (secondary N) is 2. The van der Waals surface area contributed by atoms with Crippen molar-refractivity contribution >= 4 is 17.4 Å². The highest BCUT2D eigenvalue weighted by Gasteiger charge is 2.17. The second-order valence-electron chi connectivity index (χ2n) is 6.68. The van der Waals surface area contributed by atoms with Crippen molar-refractivity contribution in [3.63, 3.8) is 0 Å². The van der Waals surface area contributed by atoms with Crippen molar-refractivity contribution in [2.45, 2.75) is 58.4 Å². The fourth-order valence-electron chi connectivity index (χ4n) is 3.35. The van der Waals surface area contributed by atoms with Gasteiger partial charge in [-0.1, -0.05) is 44.4 Å². The summed E-state index contributed by atoms with van der Waals surface area (Å²) in [5.74, 6) is 0.523. The Morgan fingerprint density at radius 2 is 1.96 bits per heavy atom. The van der Waals surface area contributed by atoms with E-state index in [0.29, 0.717) is 11.5 Å². The summed E-state index contributed by atoms with van der Waals surface area (Å²) < 4.78 is 0. The molecule has 0 spiro atoms. The summed E-state index contributed by atoms with van der Waals surface area (Å²) in [7, 11) is 0. The van der Waals surface area contributed by atoms with E-state index < -0.39 is 0 Å². The number of anilines is 2. The highest BCUT2D eigenvalue weighted by atomic mass is 16.1. The standard InChI is InChI=1S/C20H26N4O/c1-3-15-9-7-8-14(2)19(15)24-18-13-21-17(12-22-18)20(25)23-16-10-5-4-6-11-16/h7-9,12-13,16H,3-6,10-11H2,1-2H3,(H,22,24)(H,23,25). The van der Waals surface area contributed by atoms with Crippen LogP contribution < -0.4 is 10.6 Å². The van der Waals surface area contributed by atoms with E-state index in [4.69, 9.17) is 0 Å². The molecule has 2 aromatic rings. The average Bonchev–Trinajstić information content (AvgIpc) is 2.64. The van der Waals surface area contributed by atoms with Crippen molar-refractivity contribution in [1.29, 1.82) is 0 Å². The quantitative estimate of drug-likeness (QED) is 0.859. The van der Waals surface area contributed by atoms with E-state index in [1.807, 2.05) is 0 Å². The van der Waals surface area contributed by atoms with Gasteiger partial charge in [0.05, 0.1) is 12.4 Å². The van der Waals surface area contributed by atoms with Crippen molar-refractivity contribution < 1.29 is 4.79 Å². The van der Waals surface area contributed by atoms with Crippen LogP contribution in [0.2, 0.25) is 0 Å². The van der Waals surface area contributed by atoms with Gasteiger partial charge in [-0.05, 0) is 37.3 Å². The van der Waals surface area contributed by atoms with Gasteiger partial charge in [-0.25, -0.2) is 9.97 Å². The van der Waals surface area contributed by atoms with Gasteiger partial charge in [0.25, 0.3) is 5.91 Å². The number of hydrogen-bond acceptors (Lipinski definition) is 4. The lowest BCUT2D eigenvalue weighted by Crippen LogP contribution is -2.36. The summed E-state index contributed by atoms with van der Waals surface area (Å²) >= 11 is 0. The van der Waals surface area contributed by atoms with Crippen molar-refractivity contribution in [3.8, 4) is 0 Å². The minimum Gasteiger partial charge on any atom is -0.348 e. The smallest absolute Gasteiger partial charge is 0.271 e. The molecule has 0 aliphatic heterocycles. The number of aromatic nitrogens is 2. The second-order valence-corrected chi connectivity index (χ2v) is 6.68. The monoisotopic (exact) mass is 338 g/mol. The number of rotatable bonds is 5. The SMILES string of the molecule is CCc1cccc(C)c1Nc1cnc(C(=O)NC2CCCCC2)cn1. The predicted octanol–water partition coefficient (Wildman–Crippen LogP) is 4.15. The summed E-state index contributed by atoms with van der Waals surface area (Å²) in [5, 5.41) is 6.40. The fraction of sp³-hybridized carbons (Fsp3) is 0.450. The molecule has 3 rings (SSSR count). The number of aryl methyl sites for hydroxylation is 2. The topological polar surface area (TPSA) is 66.9 Å². The van der Waals surface area contributed by atoms with Gasteiger partial charge >= 0.3 is 0 Å². The van der Waals surface area contributed by atoms with Crippen LogP contribution in [0.3, 0.4) is 0 Å². The Morgan fingerprint density at radius 1 is 1.16 bits per heavy atom. The number of carbonyl (C=O) groups excluding carboxylic acids is 1. The Kier molecular flexibility index (Phi) is 5.64. The van der Waals surface area contributed by atoms with Gasteiger partial charge in [0, 0.05) is 11.7 Å². The maximum atomic E-state index is 12.3. The second kappa shape index (κ2) is 8.10. The fourth-order valence-corrected chi connectivity index (χ4v) is 3.35. The molecule has 0 radical (unpaired) electrons. The van der Waals surface area contributed by atoms with E-state index in [1.54, 1.807) is 12.4 Å². The Labute approximate surface area is 149 Å². The van der Waals surface area contributed by atoms with E-state index in [2.05, 4.69) is 52.6 Å². The van der Waals surface area contributed by atoms with Gasteiger partial charge in [0.2, 0.25) is 0 Å². The van der Waals surface area contributed by atoms with Gasteiger partial charge in [0.15, 0.2) is 0 Å². The molecule has 1 aliphatic rings. The van der Waals surface area contributed by atoms with E-state index >= 15 is 0 Å². The van der Waals surface area contributed by atoms with Crippen LogP contribution in [0.15, 0.2) is 30.6 Å². The molecule has 1 saturated carbocycles. The van der Waals surface area contributed by atoms with Crippen LogP contribution in [0.1, 0.15) is 60.6 Å². The molecule has 0 atom stereocenters. The van der Waals surface area contributed by atoms with Gasteiger partial charge in [0.1, 0.15) is 11.5 Å². The molecule has 1 aromatic carbocycles. The number of hydrogen-bond donors (Lipinski definition) is 2. The first-order chi connectivity index (χ1) is 12.2. The van der Waals surface area contributed by atoms with Crippen LogP contribution >= 0.6 is 0 Å². The predicted molar refractivity (Wildman–Crippen MR) is 100 cm³/mol. The molecule has 0 saturated heterocycles. The normalized spacial score (nSPS) is 15.0. The molecule has 0 unspecified atom stereocenters. The molecule has 1 aromatic heterocycles. The average molecular weight is 338 g/mol. The molecular weight excluding hydrogens is 312 g/mol. The molecule has 1 heterocycles. The number of amides is 1. The van der Waals surface area contributed by atoms with E-state index in [1.165, 1.54) is 30.4 Å². The zero-order valence-corrected chi connectivity index (χ0v) is 15.0. The number of nitrogens with zero attached hydrogens (tertiary/aromatic N) is 2. The van der Waals surface area contributed by atoms with Crippen molar-refractivity contribution in [2.24, 2.45) is 0 Å². The summed E-state index contributed by atoms with van der Waals surface area (Å²) in [6, 6.07) is 6.51. The lowest BCUT2D eigenvalue weighted by atomic mass is 9.95. The molecular formula is C20H26N4O. The van der Waals surface area contributed by atoms with Crippen LogP contribution in [-0.2, 0) is 6.42 Å². The minimum absolute atomic E-state index is 0.129. The van der Waals surface area contributed by atoms with Gasteiger partial charge < -0.3 is 10.6 Å². The minimum atomic E-state index is -0.129. The zero-order valence-electron chi connectivity index (χ0n) is 15.0. The Morgan fingerprint density at radius 3 is 2.64 bits per heavy atom. The van der Waals surface area contributed by atoms with Crippen LogP contribution in [0.5, 0.6) is 0 Å². The third-order valence-electron chi connectivity index (χ3n) is 4.82. The van der Waals surface area contributed by atoms with E-state index in [0.717, 1.165) is 24.9 Å². The third kappa shape index (κ3) is 4.35. The third-order valence-corrected chi connectivity index (χ3v) is 4.82. The van der Waals surface area contributed by atoms with Crippen molar-refractivity contribution in [1.82, 2.24) is 15.3 Å². The maximum Gasteiger partial charge on any atom is 0.271 e. The molecule has 1 aliphatic carbocycles. The van der Waals surface area contributed by atoms with Gasteiger partial charge in [-0.15, -0.1) is 0 Å². The van der Waals surface area contributed by atoms with Crippen LogP contribution in [0.4, 0.5) is 11.5 Å². The van der Waals surface area contributed by atoms with Crippen LogP contribution in [0, 0.1) is 6.92 Å². The molecule has 0 bridgehead atoms. The molecule has 2 N–H and O–H groups in total. The van der Waals surface area contributed by atoms with Crippen molar-refractivity contribution in [3.05, 3.63) is 47.4 Å². The summed E-state index contributed by atoms with van der Waals surface area (Å²) in [5.41, 5.74) is 3.84. The first-order valence-electron chi connectivity index (χ1n) is 9.15. The highest BCUT2D eigenvalue weighted by Crippen LogP contribution is 2.24. The molecule has 132 valence electrons. The zero-order chi connectivity index (χ0) is 17.6. The number of benzene rings is 1. The number of carbonyl (C=O) groups is 1. The Hall–Kier alpha value is -2.43. The van der Waals surface area contributed by atoms with E-state index in [9.17, 15) is 4.79 Å². The molecule has 1 fully saturated rings. The van der Waals surface area contributed by atoms with E-state index in [-0.39, 0.29) is 11.9 Å². The maximum absolute atomic E-state index is 12.3. The van der Waals surface area contributed by atoms with Crippen molar-refractivity contribution in [2.75, 3.05) is 5.32 Å². The summed E-state index contributed by atoms with van der Waals surface area (Å²) in [4.78, 5) is 21.0. The first-order valence-corrected chi connectivity index (χ1v) is 9.15. The lowest BCUT2D eigenvalue weighted by molar-refractivity contribution is 0.0922. The van der Waals surface area contributed by atoms with Gasteiger partial charge in [-0.2, -0.15) is 0 Å². The lowest BCUT2D eigenvalue weighted by Gasteiger charge is -2.22. The van der Waals surface area contributed by atoms with Crippen LogP contribution in [-0.4, -0.2) is 21.9 Å². The molecule has 5 heteroatoms. The Balaban J connectivity index is 1.67. The first kappa shape index (κ1) is 17.4. The highest BCUT2D eigenvalue weighted by molar-refractivity contribution is 5.92. The van der Waals surface area contributed by atoms with Gasteiger partial charge in [-0.3, -0.25) is 4.79 Å². The van der Waals surface area contributed by atoms with Crippen LogP contribution in [0.25, 0.3) is 0 Å². The number of para-hydroxylation sites is 1. The molecule has 25 heavy (non-hydrogen) atoms. The summed E-state index contributed by atoms with van der Waals surface area (Å²) in [6.45, 7) is 4.20. The molecule has 5 nitrogen and oxygen atoms in total. The largest absolute Gasteiger partial charge is 0.348 e. The summed E-state index contributed by atoms with van der Waals surface area (Å²) in [6.07, 6.45) is 9.89.